The molecule has 0 aliphatic heterocycles. The van der Waals surface area contributed by atoms with E-state index in [1.807, 2.05) is 50.3 Å². The summed E-state index contributed by atoms with van der Waals surface area (Å²) in [5, 5.41) is 11.5. The number of nitrogen functional groups attached to an aromatic ring is 1. The van der Waals surface area contributed by atoms with E-state index in [9.17, 15) is 0 Å². The van der Waals surface area contributed by atoms with Crippen LogP contribution >= 0.6 is 0 Å². The Morgan fingerprint density at radius 2 is 1.14 bits per heavy atom. The van der Waals surface area contributed by atoms with Crippen molar-refractivity contribution >= 4 is 61.2 Å². The molecule has 0 radical (unpaired) electrons. The van der Waals surface area contributed by atoms with Crippen LogP contribution in [0.1, 0.15) is 25.0 Å². The van der Waals surface area contributed by atoms with Gasteiger partial charge in [0.15, 0.2) is 0 Å². The van der Waals surface area contributed by atoms with Crippen molar-refractivity contribution in [3.63, 3.8) is 0 Å². The van der Waals surface area contributed by atoms with Gasteiger partial charge in [-0.05, 0) is 139 Å². The van der Waals surface area contributed by atoms with E-state index < -0.39 is 0 Å². The largest absolute Gasteiger partial charge is 0.404 e. The van der Waals surface area contributed by atoms with Gasteiger partial charge < -0.3 is 25.5 Å². The smallest absolute Gasteiger partial charge is 0.122 e. The van der Waals surface area contributed by atoms with Gasteiger partial charge in [0, 0.05) is 62.6 Å². The Morgan fingerprint density at radius 1 is 0.593 bits per heavy atom. The van der Waals surface area contributed by atoms with E-state index in [0.29, 0.717) is 5.56 Å². The number of hydrogen-bond donors (Lipinski definition) is 3. The Kier molecular flexibility index (Phi) is 10.8. The summed E-state index contributed by atoms with van der Waals surface area (Å²) in [5.41, 5.74) is 25.4. The van der Waals surface area contributed by atoms with E-state index >= 15 is 0 Å². The van der Waals surface area contributed by atoms with Crippen LogP contribution in [0.15, 0.2) is 207 Å². The van der Waals surface area contributed by atoms with Gasteiger partial charge in [0.1, 0.15) is 5.84 Å². The van der Waals surface area contributed by atoms with Crippen molar-refractivity contribution in [1.29, 1.82) is 5.41 Å². The van der Waals surface area contributed by atoms with Gasteiger partial charge in [-0.25, -0.2) is 0 Å². The van der Waals surface area contributed by atoms with Crippen LogP contribution in [-0.4, -0.2) is 15.0 Å². The molecule has 0 aliphatic rings. The van der Waals surface area contributed by atoms with Crippen LogP contribution in [0.25, 0.3) is 60.8 Å². The maximum Gasteiger partial charge on any atom is 0.122 e. The highest BCUT2D eigenvalue weighted by Crippen LogP contribution is 2.40. The van der Waals surface area contributed by atoms with Crippen molar-refractivity contribution in [2.24, 2.45) is 11.5 Å². The second-order valence-corrected chi connectivity index (χ2v) is 14.3. The van der Waals surface area contributed by atoms with E-state index in [1.54, 1.807) is 12.3 Å². The molecule has 6 heteroatoms. The van der Waals surface area contributed by atoms with Gasteiger partial charge in [-0.2, -0.15) is 0 Å². The molecule has 9 aromatic rings. The number of nitrogens with two attached hydrogens (primary N) is 2. The predicted octanol–water partition coefficient (Wildman–Crippen LogP) is 13.2. The van der Waals surface area contributed by atoms with Crippen LogP contribution < -0.4 is 16.4 Å². The molecule has 6 nitrogen and oxygen atoms in total. The number of rotatable bonds is 9. The highest BCUT2D eigenvalue weighted by atomic mass is 15.1. The number of nitrogens with one attached hydrogen (secondary N) is 1. The number of para-hydroxylation sites is 2. The molecule has 7 aromatic carbocycles. The molecule has 5 N–H and O–H groups in total. The van der Waals surface area contributed by atoms with Gasteiger partial charge in [-0.1, -0.05) is 85.0 Å². The van der Waals surface area contributed by atoms with E-state index in [0.717, 1.165) is 56.2 Å². The lowest BCUT2D eigenvalue weighted by atomic mass is 10.0. The number of hydrogen-bond acceptors (Lipinski definition) is 3. The second-order valence-electron chi connectivity index (χ2n) is 14.3. The summed E-state index contributed by atoms with van der Waals surface area (Å²) in [6.07, 6.45) is 9.53. The standard InChI is InChI=1S/C50H40N6.C3H6/c1-2-9-39(33-51)35-16-23-43(24-17-35)55(44-25-18-36(19-26-44)50(52)53)42-21-14-34(15-22-42)37-20-27-47-45(30-37)46-32-48-38(28-29-54(48)40-10-5-3-6-11-40)31-49(46)56(47)41-12-7-4-8-13-41;1-3-2/h2-33H,51H2,1H3,(H3,52,53);3H,1H2,2H3/b9-2-,39-33+;. The summed E-state index contributed by atoms with van der Waals surface area (Å²) < 4.78 is 4.65. The number of anilines is 3. The lowest BCUT2D eigenvalue weighted by Crippen LogP contribution is -2.13. The molecular formula is C53H46N6. The number of benzene rings is 7. The first-order valence-corrected chi connectivity index (χ1v) is 19.7. The summed E-state index contributed by atoms with van der Waals surface area (Å²) in [4.78, 5) is 2.21. The van der Waals surface area contributed by atoms with Gasteiger partial charge in [0.25, 0.3) is 0 Å². The lowest BCUT2D eigenvalue weighted by molar-refractivity contribution is 1.13. The van der Waals surface area contributed by atoms with E-state index in [-0.39, 0.29) is 5.84 Å². The number of nitrogens with zero attached hydrogens (tertiary/aromatic N) is 3. The first-order chi connectivity index (χ1) is 28.9. The highest BCUT2D eigenvalue weighted by Gasteiger charge is 2.18. The molecule has 0 spiro atoms. The van der Waals surface area contributed by atoms with Crippen LogP contribution in [-0.2, 0) is 0 Å². The Bertz CT molecular complexity index is 2970. The molecule has 0 amide bonds. The first-order valence-electron chi connectivity index (χ1n) is 19.7. The van der Waals surface area contributed by atoms with Gasteiger partial charge in [0.2, 0.25) is 0 Å². The molecule has 0 aliphatic carbocycles. The molecule has 0 saturated carbocycles. The molecule has 9 rings (SSSR count). The fraction of sp³-hybridized carbons (Fsp3) is 0.0377. The predicted molar refractivity (Wildman–Crippen MR) is 252 cm³/mol. The van der Waals surface area contributed by atoms with Gasteiger partial charge in [-0.15, -0.1) is 6.58 Å². The average molecular weight is 767 g/mol. The van der Waals surface area contributed by atoms with E-state index in [2.05, 4.69) is 172 Å². The topological polar surface area (TPSA) is 89.0 Å². The third-order valence-electron chi connectivity index (χ3n) is 10.5. The van der Waals surface area contributed by atoms with Crippen LogP contribution in [0.3, 0.4) is 0 Å². The number of amidine groups is 1. The Hall–Kier alpha value is -7.83. The maximum absolute atomic E-state index is 7.92. The fourth-order valence-corrected chi connectivity index (χ4v) is 7.77. The fourth-order valence-electron chi connectivity index (χ4n) is 7.77. The summed E-state index contributed by atoms with van der Waals surface area (Å²) >= 11 is 0. The lowest BCUT2D eigenvalue weighted by Gasteiger charge is -2.26. The third-order valence-corrected chi connectivity index (χ3v) is 10.5. The highest BCUT2D eigenvalue weighted by molar-refractivity contribution is 6.14. The van der Waals surface area contributed by atoms with Crippen molar-refractivity contribution in [3.05, 3.63) is 218 Å². The molecule has 59 heavy (non-hydrogen) atoms. The van der Waals surface area contributed by atoms with E-state index in [4.69, 9.17) is 16.9 Å². The average Bonchev–Trinajstić information content (AvgIpc) is 3.84. The van der Waals surface area contributed by atoms with Crippen LogP contribution in [0, 0.1) is 5.41 Å². The minimum atomic E-state index is 0.0420. The number of fused-ring (bicyclic) bond motifs is 4. The molecule has 288 valence electrons. The van der Waals surface area contributed by atoms with Gasteiger partial charge >= 0.3 is 0 Å². The quantitative estimate of drug-likeness (QED) is 0.0591. The third kappa shape index (κ3) is 7.43. The summed E-state index contributed by atoms with van der Waals surface area (Å²) in [6.45, 7) is 7.23. The zero-order chi connectivity index (χ0) is 40.9. The van der Waals surface area contributed by atoms with Crippen LogP contribution in [0.2, 0.25) is 0 Å². The molecule has 2 heterocycles. The zero-order valence-corrected chi connectivity index (χ0v) is 33.3. The van der Waals surface area contributed by atoms with Crippen LogP contribution in [0.4, 0.5) is 17.1 Å². The Labute approximate surface area is 345 Å². The summed E-state index contributed by atoms with van der Waals surface area (Å²) in [6, 6.07) is 59.7. The molecule has 0 unspecified atom stereocenters. The molecule has 0 atom stereocenters. The minimum absolute atomic E-state index is 0.0420. The summed E-state index contributed by atoms with van der Waals surface area (Å²) in [7, 11) is 0. The van der Waals surface area contributed by atoms with Gasteiger partial charge in [-0.3, -0.25) is 5.41 Å². The van der Waals surface area contributed by atoms with Gasteiger partial charge in [0.05, 0.1) is 16.6 Å². The molecular weight excluding hydrogens is 721 g/mol. The van der Waals surface area contributed by atoms with Crippen molar-refractivity contribution in [2.45, 2.75) is 13.8 Å². The van der Waals surface area contributed by atoms with Crippen molar-refractivity contribution < 1.29 is 0 Å². The van der Waals surface area contributed by atoms with Crippen LogP contribution in [0.5, 0.6) is 0 Å². The first kappa shape index (κ1) is 38.1. The molecule has 2 aromatic heterocycles. The SMILES string of the molecule is C/C=C\C(=C/N)c1ccc(N(c2ccc(C(=N)N)cc2)c2ccc(-c3ccc4c(c3)c3cc5c(ccn5-c5ccccc5)cc3n4-c3ccccc3)cc2)cc1.C=CC. The molecule has 0 bridgehead atoms. The Balaban J connectivity index is 0.00000157. The molecule has 0 fully saturated rings. The zero-order valence-electron chi connectivity index (χ0n) is 33.3. The number of allylic oxidation sites excluding steroid dienone is 4. The molecule has 0 saturated heterocycles. The second kappa shape index (κ2) is 16.7. The Morgan fingerprint density at radius 3 is 1.71 bits per heavy atom. The van der Waals surface area contributed by atoms with Crippen molar-refractivity contribution in [3.8, 4) is 22.5 Å². The monoisotopic (exact) mass is 766 g/mol. The minimum Gasteiger partial charge on any atom is -0.404 e. The number of aromatic nitrogens is 2. The normalized spacial score (nSPS) is 11.5. The maximum atomic E-state index is 7.92. The van der Waals surface area contributed by atoms with Crippen molar-refractivity contribution in [2.75, 3.05) is 4.90 Å². The summed E-state index contributed by atoms with van der Waals surface area (Å²) in [5.74, 6) is 0.0420. The van der Waals surface area contributed by atoms with Crippen molar-refractivity contribution in [1.82, 2.24) is 9.13 Å². The van der Waals surface area contributed by atoms with E-state index in [1.165, 1.54) is 27.2 Å².